The zero-order chi connectivity index (χ0) is 15.0. The van der Waals surface area contributed by atoms with Gasteiger partial charge in [0.2, 0.25) is 0 Å². The molecule has 0 saturated heterocycles. The summed E-state index contributed by atoms with van der Waals surface area (Å²) in [7, 11) is 3.41. The van der Waals surface area contributed by atoms with Crippen molar-refractivity contribution in [2.45, 2.75) is 6.61 Å². The van der Waals surface area contributed by atoms with Crippen LogP contribution in [0.2, 0.25) is 0 Å². The molecule has 5 N–H and O–H groups in total. The van der Waals surface area contributed by atoms with Gasteiger partial charge in [-0.1, -0.05) is 0 Å². The van der Waals surface area contributed by atoms with Crippen LogP contribution >= 0.6 is 0 Å². The first-order valence-corrected chi connectivity index (χ1v) is 6.10. The Labute approximate surface area is 118 Å². The number of nitrogens with two attached hydrogens (primary N) is 1. The van der Waals surface area contributed by atoms with Crippen LogP contribution in [0.25, 0.3) is 0 Å². The van der Waals surface area contributed by atoms with E-state index in [1.54, 1.807) is 37.4 Å². The zero-order valence-corrected chi connectivity index (χ0v) is 11.6. The monoisotopic (exact) mass is 276 g/mol. The Morgan fingerprint density at radius 1 is 1.10 bits per heavy atom. The molecule has 0 saturated carbocycles. The SMILES string of the molecule is CNc1ccc(O)cc1.COCc1cc(N)ccc1O. The number of hydrogen-bond donors (Lipinski definition) is 4. The lowest BCUT2D eigenvalue weighted by Gasteiger charge is -2.03. The molecule has 0 amide bonds. The molecule has 2 aromatic carbocycles. The summed E-state index contributed by atoms with van der Waals surface area (Å²) in [4.78, 5) is 0. The van der Waals surface area contributed by atoms with Crippen LogP contribution in [0.5, 0.6) is 11.5 Å². The van der Waals surface area contributed by atoms with Crippen molar-refractivity contribution in [1.82, 2.24) is 0 Å². The van der Waals surface area contributed by atoms with Crippen LogP contribution in [-0.4, -0.2) is 24.4 Å². The maximum atomic E-state index is 9.23. The maximum absolute atomic E-state index is 9.23. The third-order valence-corrected chi connectivity index (χ3v) is 2.56. The summed E-state index contributed by atoms with van der Waals surface area (Å²) in [6.45, 7) is 0.386. The average Bonchev–Trinajstić information content (AvgIpc) is 2.45. The number of nitrogen functional groups attached to an aromatic ring is 1. The van der Waals surface area contributed by atoms with E-state index in [1.807, 2.05) is 19.2 Å². The van der Waals surface area contributed by atoms with Gasteiger partial charge in [-0.3, -0.25) is 0 Å². The normalized spacial score (nSPS) is 9.50. The van der Waals surface area contributed by atoms with Crippen LogP contribution in [0.15, 0.2) is 42.5 Å². The molecule has 0 atom stereocenters. The third-order valence-electron chi connectivity index (χ3n) is 2.56. The van der Waals surface area contributed by atoms with Crippen LogP contribution in [0.1, 0.15) is 5.56 Å². The molecule has 0 aliphatic rings. The predicted molar refractivity (Wildman–Crippen MR) is 80.9 cm³/mol. The molecule has 2 rings (SSSR count). The molecular formula is C15H20N2O3. The molecule has 0 fully saturated rings. The smallest absolute Gasteiger partial charge is 0.121 e. The summed E-state index contributed by atoms with van der Waals surface area (Å²) in [5.41, 5.74) is 7.85. The highest BCUT2D eigenvalue weighted by atomic mass is 16.5. The second kappa shape index (κ2) is 7.91. The van der Waals surface area contributed by atoms with Crippen molar-refractivity contribution >= 4 is 11.4 Å². The van der Waals surface area contributed by atoms with E-state index in [0.29, 0.717) is 23.6 Å². The van der Waals surface area contributed by atoms with Crippen molar-refractivity contribution in [2.75, 3.05) is 25.2 Å². The fourth-order valence-corrected chi connectivity index (χ4v) is 1.50. The summed E-state index contributed by atoms with van der Waals surface area (Å²) in [5.74, 6) is 0.523. The van der Waals surface area contributed by atoms with E-state index in [1.165, 1.54) is 0 Å². The number of phenolic OH excluding ortho intramolecular Hbond substituents is 2. The second-order valence-corrected chi connectivity index (χ2v) is 4.12. The van der Waals surface area contributed by atoms with Gasteiger partial charge in [0, 0.05) is 31.1 Å². The highest BCUT2D eigenvalue weighted by molar-refractivity contribution is 5.47. The Kier molecular flexibility index (Phi) is 6.19. The fourth-order valence-electron chi connectivity index (χ4n) is 1.50. The van der Waals surface area contributed by atoms with E-state index in [-0.39, 0.29) is 5.75 Å². The number of ether oxygens (including phenoxy) is 1. The first-order valence-electron chi connectivity index (χ1n) is 6.10. The molecule has 5 heteroatoms. The van der Waals surface area contributed by atoms with Gasteiger partial charge in [0.1, 0.15) is 11.5 Å². The number of rotatable bonds is 3. The van der Waals surface area contributed by atoms with Gasteiger partial charge in [0.05, 0.1) is 6.61 Å². The highest BCUT2D eigenvalue weighted by Gasteiger charge is 1.99. The minimum Gasteiger partial charge on any atom is -0.508 e. The summed E-state index contributed by atoms with van der Waals surface area (Å²) in [6.07, 6.45) is 0. The van der Waals surface area contributed by atoms with Gasteiger partial charge >= 0.3 is 0 Å². The minimum atomic E-state index is 0.223. The van der Waals surface area contributed by atoms with Gasteiger partial charge in [-0.15, -0.1) is 0 Å². The summed E-state index contributed by atoms with van der Waals surface area (Å²) >= 11 is 0. The van der Waals surface area contributed by atoms with Gasteiger partial charge in [-0.05, 0) is 42.5 Å². The number of anilines is 2. The van der Waals surface area contributed by atoms with E-state index < -0.39 is 0 Å². The average molecular weight is 276 g/mol. The Hall–Kier alpha value is -2.40. The van der Waals surface area contributed by atoms with Crippen LogP contribution in [0.4, 0.5) is 11.4 Å². The van der Waals surface area contributed by atoms with Crippen LogP contribution in [-0.2, 0) is 11.3 Å². The largest absolute Gasteiger partial charge is 0.508 e. The van der Waals surface area contributed by atoms with Crippen molar-refractivity contribution in [3.05, 3.63) is 48.0 Å². The molecule has 0 radical (unpaired) electrons. The lowest BCUT2D eigenvalue weighted by atomic mass is 10.2. The van der Waals surface area contributed by atoms with Gasteiger partial charge in [0.25, 0.3) is 0 Å². The number of benzene rings is 2. The summed E-state index contributed by atoms with van der Waals surface area (Å²) in [5, 5.41) is 21.0. The molecule has 0 aliphatic heterocycles. The van der Waals surface area contributed by atoms with Gasteiger partial charge in [0.15, 0.2) is 0 Å². The van der Waals surface area contributed by atoms with E-state index in [2.05, 4.69) is 5.32 Å². The number of nitrogens with one attached hydrogen (secondary N) is 1. The topological polar surface area (TPSA) is 87.7 Å². The molecule has 2 aromatic rings. The van der Waals surface area contributed by atoms with E-state index in [0.717, 1.165) is 5.69 Å². The lowest BCUT2D eigenvalue weighted by molar-refractivity contribution is 0.182. The zero-order valence-electron chi connectivity index (χ0n) is 11.6. The Bertz CT molecular complexity index is 527. The van der Waals surface area contributed by atoms with E-state index in [4.69, 9.17) is 15.6 Å². The quantitative estimate of drug-likeness (QED) is 0.511. The molecule has 0 aromatic heterocycles. The Morgan fingerprint density at radius 2 is 1.75 bits per heavy atom. The molecule has 0 unspecified atom stereocenters. The second-order valence-electron chi connectivity index (χ2n) is 4.12. The Morgan fingerprint density at radius 3 is 2.30 bits per heavy atom. The number of phenols is 2. The summed E-state index contributed by atoms with van der Waals surface area (Å²) in [6, 6.07) is 11.8. The third kappa shape index (κ3) is 5.07. The van der Waals surface area contributed by atoms with Crippen molar-refractivity contribution < 1.29 is 14.9 Å². The standard InChI is InChI=1S/C8H11NO2.C7H9NO/c1-11-5-6-4-7(9)2-3-8(6)10;1-8-6-2-4-7(9)5-3-6/h2-4,10H,5,9H2,1H3;2-5,8-9H,1H3. The van der Waals surface area contributed by atoms with Gasteiger partial charge in [-0.25, -0.2) is 0 Å². The highest BCUT2D eigenvalue weighted by Crippen LogP contribution is 2.19. The maximum Gasteiger partial charge on any atom is 0.121 e. The van der Waals surface area contributed by atoms with Crippen LogP contribution in [0.3, 0.4) is 0 Å². The lowest BCUT2D eigenvalue weighted by Crippen LogP contribution is -1.91. The number of hydrogen-bond acceptors (Lipinski definition) is 5. The van der Waals surface area contributed by atoms with Gasteiger partial charge in [-0.2, -0.15) is 0 Å². The molecular weight excluding hydrogens is 256 g/mol. The summed E-state index contributed by atoms with van der Waals surface area (Å²) < 4.78 is 4.85. The van der Waals surface area contributed by atoms with Gasteiger partial charge < -0.3 is 26.0 Å². The van der Waals surface area contributed by atoms with Crippen LogP contribution < -0.4 is 11.1 Å². The number of methoxy groups -OCH3 is 1. The number of aromatic hydroxyl groups is 2. The molecule has 0 spiro atoms. The molecule has 5 nitrogen and oxygen atoms in total. The van der Waals surface area contributed by atoms with E-state index in [9.17, 15) is 5.11 Å². The minimum absolute atomic E-state index is 0.223. The fraction of sp³-hybridized carbons (Fsp3) is 0.200. The Balaban J connectivity index is 0.000000204. The van der Waals surface area contributed by atoms with Crippen molar-refractivity contribution in [2.24, 2.45) is 0 Å². The molecule has 0 bridgehead atoms. The van der Waals surface area contributed by atoms with Crippen molar-refractivity contribution in [3.8, 4) is 11.5 Å². The first kappa shape index (κ1) is 15.7. The molecule has 0 heterocycles. The first-order chi connectivity index (χ1) is 9.56. The van der Waals surface area contributed by atoms with Crippen molar-refractivity contribution in [1.29, 1.82) is 0 Å². The van der Waals surface area contributed by atoms with Crippen LogP contribution in [0, 0.1) is 0 Å². The van der Waals surface area contributed by atoms with E-state index >= 15 is 0 Å². The molecule has 20 heavy (non-hydrogen) atoms. The predicted octanol–water partition coefficient (Wildman–Crippen LogP) is 2.55. The molecule has 108 valence electrons. The molecule has 0 aliphatic carbocycles. The van der Waals surface area contributed by atoms with Crippen molar-refractivity contribution in [3.63, 3.8) is 0 Å².